The Kier molecular flexibility index (Phi) is 4.14. The maximum Gasteiger partial charge on any atom is 0.320 e. The third kappa shape index (κ3) is 3.14. The van der Waals surface area contributed by atoms with E-state index in [-0.39, 0.29) is 5.97 Å². The Balaban J connectivity index is 2.28. The van der Waals surface area contributed by atoms with Gasteiger partial charge in [0.15, 0.2) is 0 Å². The van der Waals surface area contributed by atoms with E-state index in [0.29, 0.717) is 19.1 Å². The van der Waals surface area contributed by atoms with Gasteiger partial charge in [-0.2, -0.15) is 0 Å². The molecule has 0 amide bonds. The zero-order valence-corrected chi connectivity index (χ0v) is 9.08. The van der Waals surface area contributed by atoms with Crippen LogP contribution in [0.2, 0.25) is 0 Å². The van der Waals surface area contributed by atoms with Crippen LogP contribution in [0.5, 0.6) is 0 Å². The van der Waals surface area contributed by atoms with Gasteiger partial charge in [0, 0.05) is 6.54 Å². The van der Waals surface area contributed by atoms with Crippen LogP contribution in [0, 0.1) is 5.92 Å². The Morgan fingerprint density at radius 3 is 2.86 bits per heavy atom. The third-order valence-electron chi connectivity index (χ3n) is 2.63. The smallest absolute Gasteiger partial charge is 0.320 e. The van der Waals surface area contributed by atoms with Crippen LogP contribution < -0.4 is 0 Å². The van der Waals surface area contributed by atoms with Gasteiger partial charge in [0.25, 0.3) is 0 Å². The number of ether oxygens (including phenoxy) is 1. The fraction of sp³-hybridized carbons (Fsp3) is 0.727. The lowest BCUT2D eigenvalue weighted by Gasteiger charge is -2.14. The number of nitrogens with zero attached hydrogens (tertiary/aromatic N) is 1. The van der Waals surface area contributed by atoms with Gasteiger partial charge in [0.2, 0.25) is 0 Å². The fourth-order valence-electron chi connectivity index (χ4n) is 1.77. The van der Waals surface area contributed by atoms with Crippen LogP contribution >= 0.6 is 0 Å². The molecular formula is C11H19NO2. The lowest BCUT2D eigenvalue weighted by molar-refractivity contribution is -0.144. The monoisotopic (exact) mass is 197 g/mol. The van der Waals surface area contributed by atoms with Crippen molar-refractivity contribution in [2.75, 3.05) is 26.2 Å². The number of likely N-dealkylation sites (tertiary alicyclic amines) is 1. The van der Waals surface area contributed by atoms with E-state index in [2.05, 4.69) is 18.4 Å². The molecule has 0 N–H and O–H groups in total. The largest absolute Gasteiger partial charge is 0.465 e. The van der Waals surface area contributed by atoms with E-state index in [4.69, 9.17) is 4.74 Å². The second-order valence-corrected chi connectivity index (χ2v) is 3.87. The van der Waals surface area contributed by atoms with Crippen molar-refractivity contribution in [2.45, 2.75) is 20.3 Å². The van der Waals surface area contributed by atoms with Crippen LogP contribution in [0.15, 0.2) is 12.2 Å². The number of rotatable bonds is 4. The van der Waals surface area contributed by atoms with Gasteiger partial charge in [-0.05, 0) is 32.7 Å². The van der Waals surface area contributed by atoms with Crippen LogP contribution in [0.1, 0.15) is 20.3 Å². The van der Waals surface area contributed by atoms with Crippen molar-refractivity contribution in [2.24, 2.45) is 5.92 Å². The third-order valence-corrected chi connectivity index (χ3v) is 2.63. The van der Waals surface area contributed by atoms with Crippen molar-refractivity contribution < 1.29 is 9.53 Å². The predicted molar refractivity (Wildman–Crippen MR) is 56.0 cm³/mol. The molecule has 3 nitrogen and oxygen atoms in total. The van der Waals surface area contributed by atoms with Crippen LogP contribution in [0.4, 0.5) is 0 Å². The minimum absolute atomic E-state index is 0.116. The SMILES string of the molecule is C=C(C)C1CCN(CC(=O)OCC)C1. The Hall–Kier alpha value is -0.830. The van der Waals surface area contributed by atoms with Crippen molar-refractivity contribution in [1.82, 2.24) is 4.90 Å². The van der Waals surface area contributed by atoms with E-state index in [1.807, 2.05) is 6.92 Å². The normalized spacial score (nSPS) is 22.3. The fourth-order valence-corrected chi connectivity index (χ4v) is 1.77. The molecule has 0 spiro atoms. The summed E-state index contributed by atoms with van der Waals surface area (Å²) in [5.41, 5.74) is 1.22. The first-order chi connectivity index (χ1) is 6.63. The number of carbonyl (C=O) groups is 1. The second-order valence-electron chi connectivity index (χ2n) is 3.87. The summed E-state index contributed by atoms with van der Waals surface area (Å²) in [4.78, 5) is 13.3. The molecule has 0 aromatic rings. The molecule has 0 aromatic heterocycles. The van der Waals surface area contributed by atoms with Gasteiger partial charge < -0.3 is 4.74 Å². The van der Waals surface area contributed by atoms with E-state index in [1.54, 1.807) is 0 Å². The Morgan fingerprint density at radius 1 is 1.64 bits per heavy atom. The van der Waals surface area contributed by atoms with Gasteiger partial charge in [0.05, 0.1) is 13.2 Å². The standard InChI is InChI=1S/C11H19NO2/c1-4-14-11(13)8-12-6-5-10(7-12)9(2)3/h10H,2,4-8H2,1,3H3. The average Bonchev–Trinajstić information content (AvgIpc) is 2.53. The highest BCUT2D eigenvalue weighted by molar-refractivity contribution is 5.71. The van der Waals surface area contributed by atoms with Crippen molar-refractivity contribution in [1.29, 1.82) is 0 Å². The van der Waals surface area contributed by atoms with E-state index >= 15 is 0 Å². The van der Waals surface area contributed by atoms with Gasteiger partial charge in [-0.25, -0.2) is 0 Å². The first-order valence-electron chi connectivity index (χ1n) is 5.16. The Labute approximate surface area is 85.7 Å². The molecule has 1 aliphatic rings. The van der Waals surface area contributed by atoms with Crippen LogP contribution in [-0.4, -0.2) is 37.1 Å². The Morgan fingerprint density at radius 2 is 2.36 bits per heavy atom. The molecule has 1 heterocycles. The van der Waals surface area contributed by atoms with Crippen molar-refractivity contribution in [3.63, 3.8) is 0 Å². The summed E-state index contributed by atoms with van der Waals surface area (Å²) in [7, 11) is 0. The minimum atomic E-state index is -0.116. The second kappa shape index (κ2) is 5.15. The predicted octanol–water partition coefficient (Wildman–Crippen LogP) is 1.45. The maximum absolute atomic E-state index is 11.2. The van der Waals surface area contributed by atoms with E-state index in [0.717, 1.165) is 19.5 Å². The summed E-state index contributed by atoms with van der Waals surface area (Å²) in [5.74, 6) is 0.444. The van der Waals surface area contributed by atoms with Crippen molar-refractivity contribution in [3.8, 4) is 0 Å². The highest BCUT2D eigenvalue weighted by Gasteiger charge is 2.24. The number of carbonyl (C=O) groups excluding carboxylic acids is 1. The summed E-state index contributed by atoms with van der Waals surface area (Å²) >= 11 is 0. The van der Waals surface area contributed by atoms with Gasteiger partial charge in [0.1, 0.15) is 0 Å². The molecule has 0 aliphatic carbocycles. The summed E-state index contributed by atoms with van der Waals surface area (Å²) in [6.07, 6.45) is 1.12. The van der Waals surface area contributed by atoms with Crippen LogP contribution in [-0.2, 0) is 9.53 Å². The molecule has 0 bridgehead atoms. The molecule has 0 aromatic carbocycles. The molecule has 0 saturated carbocycles. The highest BCUT2D eigenvalue weighted by Crippen LogP contribution is 2.21. The minimum Gasteiger partial charge on any atom is -0.465 e. The Bertz CT molecular complexity index is 225. The van der Waals surface area contributed by atoms with Gasteiger partial charge >= 0.3 is 5.97 Å². The highest BCUT2D eigenvalue weighted by atomic mass is 16.5. The zero-order valence-electron chi connectivity index (χ0n) is 9.08. The van der Waals surface area contributed by atoms with Crippen molar-refractivity contribution in [3.05, 3.63) is 12.2 Å². The molecule has 1 fully saturated rings. The molecule has 1 aliphatic heterocycles. The molecule has 14 heavy (non-hydrogen) atoms. The topological polar surface area (TPSA) is 29.5 Å². The molecule has 80 valence electrons. The first-order valence-corrected chi connectivity index (χ1v) is 5.16. The molecule has 3 heteroatoms. The molecule has 0 radical (unpaired) electrons. The number of hydrogen-bond donors (Lipinski definition) is 0. The first kappa shape index (κ1) is 11.2. The maximum atomic E-state index is 11.2. The molecular weight excluding hydrogens is 178 g/mol. The summed E-state index contributed by atoms with van der Waals surface area (Å²) in [6.45, 7) is 10.7. The molecule has 1 rings (SSSR count). The van der Waals surface area contributed by atoms with Gasteiger partial charge in [-0.15, -0.1) is 0 Å². The molecule has 1 unspecified atom stereocenters. The van der Waals surface area contributed by atoms with Gasteiger partial charge in [-0.1, -0.05) is 12.2 Å². The lowest BCUT2D eigenvalue weighted by Crippen LogP contribution is -2.29. The van der Waals surface area contributed by atoms with E-state index < -0.39 is 0 Å². The zero-order chi connectivity index (χ0) is 10.6. The lowest BCUT2D eigenvalue weighted by atomic mass is 10.0. The average molecular weight is 197 g/mol. The quantitative estimate of drug-likeness (QED) is 0.504. The van der Waals surface area contributed by atoms with Crippen molar-refractivity contribution >= 4 is 5.97 Å². The van der Waals surface area contributed by atoms with Crippen LogP contribution in [0.25, 0.3) is 0 Å². The summed E-state index contributed by atoms with van der Waals surface area (Å²) in [6, 6.07) is 0. The molecule has 1 atom stereocenters. The molecule has 1 saturated heterocycles. The van der Waals surface area contributed by atoms with E-state index in [9.17, 15) is 4.79 Å². The summed E-state index contributed by atoms with van der Waals surface area (Å²) < 4.78 is 4.90. The van der Waals surface area contributed by atoms with Crippen LogP contribution in [0.3, 0.4) is 0 Å². The van der Waals surface area contributed by atoms with E-state index in [1.165, 1.54) is 5.57 Å². The van der Waals surface area contributed by atoms with Gasteiger partial charge in [-0.3, -0.25) is 9.69 Å². The summed E-state index contributed by atoms with van der Waals surface area (Å²) in [5, 5.41) is 0. The number of esters is 1. The number of hydrogen-bond acceptors (Lipinski definition) is 3.